The highest BCUT2D eigenvalue weighted by Crippen LogP contribution is 2.29. The smallest absolute Gasteiger partial charge is 0.258 e. The normalized spacial score (nSPS) is 11.3. The molecule has 0 bridgehead atoms. The zero-order chi connectivity index (χ0) is 13.3. The van der Waals surface area contributed by atoms with E-state index in [9.17, 15) is 18.5 Å². The highest BCUT2D eigenvalue weighted by molar-refractivity contribution is 7.94. The van der Waals surface area contributed by atoms with Gasteiger partial charge in [-0.25, -0.2) is 8.42 Å². The fourth-order valence-electron chi connectivity index (χ4n) is 1.61. The molecule has 0 aliphatic carbocycles. The van der Waals surface area contributed by atoms with Gasteiger partial charge < -0.3 is 0 Å². The molecular formula is C11H8N2O4S. The standard InChI is InChI=1S/C11H8N2O4S/c1-2-18(16,17)10-6-5-9(13(14)15)8-4-3-7-12-11(8)10/h2-7H,1H2. The van der Waals surface area contributed by atoms with E-state index in [2.05, 4.69) is 11.6 Å². The molecule has 1 aromatic heterocycles. The van der Waals surface area contributed by atoms with Crippen LogP contribution in [0.3, 0.4) is 0 Å². The number of non-ortho nitro benzene ring substituents is 1. The van der Waals surface area contributed by atoms with Gasteiger partial charge in [-0.1, -0.05) is 6.58 Å². The van der Waals surface area contributed by atoms with Crippen molar-refractivity contribution in [2.24, 2.45) is 0 Å². The molecule has 0 N–H and O–H groups in total. The predicted octanol–water partition coefficient (Wildman–Crippen LogP) is 2.06. The Morgan fingerprint density at radius 3 is 2.67 bits per heavy atom. The van der Waals surface area contributed by atoms with Gasteiger partial charge in [-0.05, 0) is 18.2 Å². The van der Waals surface area contributed by atoms with Gasteiger partial charge in [-0.3, -0.25) is 15.1 Å². The van der Waals surface area contributed by atoms with Crippen molar-refractivity contribution in [1.29, 1.82) is 0 Å². The Morgan fingerprint density at radius 1 is 1.33 bits per heavy atom. The molecule has 1 heterocycles. The molecule has 0 saturated carbocycles. The average Bonchev–Trinajstić information content (AvgIpc) is 2.37. The first-order chi connectivity index (χ1) is 8.47. The number of nitro benzene ring substituents is 1. The Morgan fingerprint density at radius 2 is 2.06 bits per heavy atom. The van der Waals surface area contributed by atoms with Crippen LogP contribution in [0.2, 0.25) is 0 Å². The van der Waals surface area contributed by atoms with Crippen LogP contribution in [0.25, 0.3) is 10.9 Å². The number of nitrogens with zero attached hydrogens (tertiary/aromatic N) is 2. The number of rotatable bonds is 3. The Bertz CT molecular complexity index is 753. The zero-order valence-corrected chi connectivity index (χ0v) is 9.92. The predicted molar refractivity (Wildman–Crippen MR) is 65.8 cm³/mol. The second kappa shape index (κ2) is 4.19. The van der Waals surface area contributed by atoms with Crippen molar-refractivity contribution >= 4 is 26.4 Å². The van der Waals surface area contributed by atoms with Crippen molar-refractivity contribution in [2.75, 3.05) is 0 Å². The van der Waals surface area contributed by atoms with Crippen molar-refractivity contribution in [2.45, 2.75) is 4.90 Å². The molecule has 0 fully saturated rings. The van der Waals surface area contributed by atoms with Gasteiger partial charge in [0.1, 0.15) is 0 Å². The van der Waals surface area contributed by atoms with Crippen LogP contribution in [0.1, 0.15) is 0 Å². The summed E-state index contributed by atoms with van der Waals surface area (Å²) >= 11 is 0. The van der Waals surface area contributed by atoms with E-state index < -0.39 is 14.8 Å². The van der Waals surface area contributed by atoms with Crippen LogP contribution in [0.5, 0.6) is 0 Å². The highest BCUT2D eigenvalue weighted by atomic mass is 32.2. The summed E-state index contributed by atoms with van der Waals surface area (Å²) in [6.07, 6.45) is 1.38. The molecule has 7 heteroatoms. The lowest BCUT2D eigenvalue weighted by molar-refractivity contribution is -0.383. The Balaban J connectivity index is 2.94. The lowest BCUT2D eigenvalue weighted by Crippen LogP contribution is -2.00. The zero-order valence-electron chi connectivity index (χ0n) is 9.11. The highest BCUT2D eigenvalue weighted by Gasteiger charge is 2.20. The van der Waals surface area contributed by atoms with Crippen LogP contribution in [0.15, 0.2) is 47.3 Å². The maximum atomic E-state index is 11.8. The lowest BCUT2D eigenvalue weighted by Gasteiger charge is -2.04. The quantitative estimate of drug-likeness (QED) is 0.625. The number of hydrogen-bond acceptors (Lipinski definition) is 5. The third kappa shape index (κ3) is 1.84. The molecule has 0 saturated heterocycles. The monoisotopic (exact) mass is 264 g/mol. The third-order valence-corrected chi connectivity index (χ3v) is 3.81. The fourth-order valence-corrected chi connectivity index (χ4v) is 2.48. The molecule has 0 unspecified atom stereocenters. The van der Waals surface area contributed by atoms with E-state index in [0.29, 0.717) is 0 Å². The van der Waals surface area contributed by atoms with Gasteiger partial charge in [0.25, 0.3) is 5.69 Å². The van der Waals surface area contributed by atoms with Gasteiger partial charge in [0.2, 0.25) is 9.84 Å². The Hall–Kier alpha value is -2.28. The summed E-state index contributed by atoms with van der Waals surface area (Å²) in [7, 11) is -3.69. The number of nitro groups is 1. The summed E-state index contributed by atoms with van der Waals surface area (Å²) in [4.78, 5) is 14.1. The SMILES string of the molecule is C=CS(=O)(=O)c1ccc([N+](=O)[O-])c2cccnc12. The summed E-state index contributed by atoms with van der Waals surface area (Å²) in [5, 5.41) is 11.8. The van der Waals surface area contributed by atoms with Crippen LogP contribution in [0.4, 0.5) is 5.69 Å². The fraction of sp³-hybridized carbons (Fsp3) is 0. The number of fused-ring (bicyclic) bond motifs is 1. The van der Waals surface area contributed by atoms with E-state index in [4.69, 9.17) is 0 Å². The maximum Gasteiger partial charge on any atom is 0.278 e. The molecule has 18 heavy (non-hydrogen) atoms. The van der Waals surface area contributed by atoms with Crippen molar-refractivity contribution < 1.29 is 13.3 Å². The minimum Gasteiger partial charge on any atom is -0.258 e. The van der Waals surface area contributed by atoms with Gasteiger partial charge in [0, 0.05) is 17.7 Å². The summed E-state index contributed by atoms with van der Waals surface area (Å²) in [5.41, 5.74) is -0.104. The van der Waals surface area contributed by atoms with E-state index in [1.54, 1.807) is 0 Å². The molecule has 0 spiro atoms. The van der Waals surface area contributed by atoms with E-state index >= 15 is 0 Å². The summed E-state index contributed by atoms with van der Waals surface area (Å²) in [5.74, 6) is 0. The Labute approximate surface area is 103 Å². The second-order valence-electron chi connectivity index (χ2n) is 3.45. The van der Waals surface area contributed by atoms with Crippen LogP contribution in [-0.2, 0) is 9.84 Å². The molecule has 6 nitrogen and oxygen atoms in total. The summed E-state index contributed by atoms with van der Waals surface area (Å²) in [6.45, 7) is 3.22. The van der Waals surface area contributed by atoms with Gasteiger partial charge in [-0.15, -0.1) is 0 Å². The van der Waals surface area contributed by atoms with E-state index in [0.717, 1.165) is 11.5 Å². The molecular weight excluding hydrogens is 256 g/mol. The third-order valence-electron chi connectivity index (χ3n) is 2.43. The van der Waals surface area contributed by atoms with Crippen LogP contribution in [0, 0.1) is 10.1 Å². The van der Waals surface area contributed by atoms with Crippen LogP contribution in [-0.4, -0.2) is 18.3 Å². The first-order valence-electron chi connectivity index (χ1n) is 4.87. The van der Waals surface area contributed by atoms with Crippen LogP contribution >= 0.6 is 0 Å². The molecule has 0 atom stereocenters. The van der Waals surface area contributed by atoms with E-state index in [-0.39, 0.29) is 21.5 Å². The van der Waals surface area contributed by atoms with E-state index in [1.165, 1.54) is 24.4 Å². The van der Waals surface area contributed by atoms with E-state index in [1.807, 2.05) is 0 Å². The molecule has 92 valence electrons. The minimum atomic E-state index is -3.69. The topological polar surface area (TPSA) is 90.2 Å². The van der Waals surface area contributed by atoms with Crippen molar-refractivity contribution in [3.05, 3.63) is 52.6 Å². The van der Waals surface area contributed by atoms with Crippen LogP contribution < -0.4 is 0 Å². The van der Waals surface area contributed by atoms with Gasteiger partial charge in [0.15, 0.2) is 0 Å². The summed E-state index contributed by atoms with van der Waals surface area (Å²) < 4.78 is 23.5. The maximum absolute atomic E-state index is 11.8. The molecule has 2 aromatic rings. The average molecular weight is 264 g/mol. The molecule has 0 aliphatic heterocycles. The lowest BCUT2D eigenvalue weighted by atomic mass is 10.2. The largest absolute Gasteiger partial charge is 0.278 e. The van der Waals surface area contributed by atoms with Crippen molar-refractivity contribution in [1.82, 2.24) is 4.98 Å². The first-order valence-corrected chi connectivity index (χ1v) is 6.41. The van der Waals surface area contributed by atoms with Crippen molar-refractivity contribution in [3.63, 3.8) is 0 Å². The molecule has 1 aromatic carbocycles. The first kappa shape index (κ1) is 12.2. The molecule has 2 rings (SSSR count). The van der Waals surface area contributed by atoms with Crippen molar-refractivity contribution in [3.8, 4) is 0 Å². The molecule has 0 amide bonds. The number of aromatic nitrogens is 1. The summed E-state index contributed by atoms with van der Waals surface area (Å²) in [6, 6.07) is 5.30. The number of pyridine rings is 1. The van der Waals surface area contributed by atoms with Gasteiger partial charge in [-0.2, -0.15) is 0 Å². The number of sulfone groups is 1. The Kier molecular flexibility index (Phi) is 2.84. The van der Waals surface area contributed by atoms with Gasteiger partial charge >= 0.3 is 0 Å². The second-order valence-corrected chi connectivity index (χ2v) is 5.31. The number of benzene rings is 1. The molecule has 0 aliphatic rings. The molecule has 0 radical (unpaired) electrons. The minimum absolute atomic E-state index is 0.0756. The van der Waals surface area contributed by atoms with Gasteiger partial charge in [0.05, 0.1) is 20.7 Å². The number of hydrogen-bond donors (Lipinski definition) is 0.